The van der Waals surface area contributed by atoms with Crippen LogP contribution in [0.5, 0.6) is 0 Å². The molecule has 2 aliphatic rings. The van der Waals surface area contributed by atoms with Crippen molar-refractivity contribution in [3.8, 4) is 22.5 Å². The van der Waals surface area contributed by atoms with E-state index in [0.29, 0.717) is 0 Å². The van der Waals surface area contributed by atoms with E-state index >= 15 is 4.39 Å². The van der Waals surface area contributed by atoms with Crippen LogP contribution in [-0.2, 0) is 0 Å². The Labute approximate surface area is 185 Å². The van der Waals surface area contributed by atoms with Crippen molar-refractivity contribution in [2.45, 2.75) is 0 Å². The van der Waals surface area contributed by atoms with Crippen LogP contribution in [0.15, 0.2) is 40.8 Å². The van der Waals surface area contributed by atoms with Gasteiger partial charge in [0.25, 0.3) is 0 Å². The Morgan fingerprint density at radius 1 is 0.909 bits per heavy atom. The quantitative estimate of drug-likeness (QED) is 0.161. The molecule has 0 radical (unpaired) electrons. The van der Waals surface area contributed by atoms with Gasteiger partial charge in [-0.05, 0) is 18.2 Å². The number of carbonyl (C=O) groups is 1. The van der Waals surface area contributed by atoms with E-state index in [1.54, 1.807) is 61.9 Å². The number of benzene rings is 3. The van der Waals surface area contributed by atoms with Crippen LogP contribution in [0.4, 0.5) is 23.2 Å². The van der Waals surface area contributed by atoms with Crippen molar-refractivity contribution < 1.29 is 31.9 Å². The number of rotatable bonds is 3. The van der Waals surface area contributed by atoms with E-state index in [9.17, 15) is 23.1 Å². The molecule has 4 rings (SSSR count). The molecule has 0 atom stereocenters. The maximum absolute atomic E-state index is 15.1. The third-order valence-electron chi connectivity index (χ3n) is 5.45. The lowest BCUT2D eigenvalue weighted by molar-refractivity contribution is 0.0690. The first-order valence-electron chi connectivity index (χ1n) is 9.80. The second-order valence-corrected chi connectivity index (χ2v) is 7.94. The molecule has 1 heterocycles. The van der Waals surface area contributed by atoms with E-state index in [0.717, 1.165) is 11.0 Å². The van der Waals surface area contributed by atoms with Gasteiger partial charge in [-0.3, -0.25) is 0 Å². The molecule has 170 valence electrons. The molecule has 2 aromatic carbocycles. The number of aromatic carboxylic acids is 1. The zero-order valence-corrected chi connectivity index (χ0v) is 18.1. The molecule has 0 bridgehead atoms. The summed E-state index contributed by atoms with van der Waals surface area (Å²) in [7, 11) is 7.17. The van der Waals surface area contributed by atoms with Gasteiger partial charge in [0.15, 0.2) is 23.3 Å². The molecule has 0 fully saturated rings. The zero-order chi connectivity index (χ0) is 24.2. The van der Waals surface area contributed by atoms with E-state index in [1.165, 1.54) is 12.1 Å². The SMILES string of the molecule is CN(C)c1ccc2c(-c3c(F)c(F)c(F)c(F)c3C(=O)O)c3ccc(=[N+](C)C)cc-3oc2c1. The number of anilines is 1. The summed E-state index contributed by atoms with van der Waals surface area (Å²) in [5.74, 6) is -9.77. The summed E-state index contributed by atoms with van der Waals surface area (Å²) >= 11 is 0. The summed E-state index contributed by atoms with van der Waals surface area (Å²) in [5.41, 5.74) is -1.16. The Kier molecular flexibility index (Phi) is 5.35. The molecular weight excluding hydrogens is 440 g/mol. The largest absolute Gasteiger partial charge is 0.478 e. The molecule has 1 N–H and O–H groups in total. The molecule has 9 heteroatoms. The van der Waals surface area contributed by atoms with Gasteiger partial charge in [-0.2, -0.15) is 0 Å². The first kappa shape index (κ1) is 22.3. The van der Waals surface area contributed by atoms with E-state index in [-0.39, 0.29) is 27.9 Å². The van der Waals surface area contributed by atoms with Crippen LogP contribution in [0.3, 0.4) is 0 Å². The summed E-state index contributed by atoms with van der Waals surface area (Å²) in [6, 6.07) is 9.66. The minimum Gasteiger partial charge on any atom is -0.478 e. The third-order valence-corrected chi connectivity index (χ3v) is 5.45. The Hall–Kier alpha value is -3.88. The fourth-order valence-electron chi connectivity index (χ4n) is 3.76. The van der Waals surface area contributed by atoms with Crippen LogP contribution in [0.2, 0.25) is 0 Å². The highest BCUT2D eigenvalue weighted by Crippen LogP contribution is 2.44. The number of carboxylic acid groups (broad SMARTS) is 1. The number of hydrogen-bond donors (Lipinski definition) is 1. The molecule has 2 aromatic rings. The van der Waals surface area contributed by atoms with Crippen molar-refractivity contribution in [3.63, 3.8) is 0 Å². The second-order valence-electron chi connectivity index (χ2n) is 7.94. The predicted molar refractivity (Wildman–Crippen MR) is 117 cm³/mol. The Morgan fingerprint density at radius 3 is 2.18 bits per heavy atom. The Balaban J connectivity index is 2.29. The van der Waals surface area contributed by atoms with E-state index in [2.05, 4.69) is 0 Å². The van der Waals surface area contributed by atoms with Gasteiger partial charge in [0.1, 0.15) is 31.0 Å². The van der Waals surface area contributed by atoms with Crippen molar-refractivity contribution in [2.24, 2.45) is 0 Å². The van der Waals surface area contributed by atoms with Gasteiger partial charge >= 0.3 is 5.97 Å². The number of hydrogen-bond acceptors (Lipinski definition) is 3. The minimum atomic E-state index is -2.19. The highest BCUT2D eigenvalue weighted by molar-refractivity contribution is 6.08. The van der Waals surface area contributed by atoms with Crippen molar-refractivity contribution in [2.75, 3.05) is 33.1 Å². The number of nitrogens with zero attached hydrogens (tertiary/aromatic N) is 2. The van der Waals surface area contributed by atoms with Crippen molar-refractivity contribution >= 4 is 22.6 Å². The molecule has 0 spiro atoms. The molecule has 1 aliphatic heterocycles. The molecule has 0 saturated carbocycles. The maximum Gasteiger partial charge on any atom is 0.339 e. The highest BCUT2D eigenvalue weighted by Gasteiger charge is 2.33. The third kappa shape index (κ3) is 3.49. The average Bonchev–Trinajstić information content (AvgIpc) is 2.77. The topological polar surface area (TPSA) is 56.7 Å². The fraction of sp³-hybridized carbons (Fsp3) is 0.167. The molecule has 0 unspecified atom stereocenters. The van der Waals surface area contributed by atoms with Crippen LogP contribution in [0, 0.1) is 23.3 Å². The van der Waals surface area contributed by atoms with E-state index in [1.807, 2.05) is 0 Å². The lowest BCUT2D eigenvalue weighted by Gasteiger charge is -2.19. The van der Waals surface area contributed by atoms with Gasteiger partial charge in [-0.25, -0.2) is 26.9 Å². The molecule has 0 amide bonds. The van der Waals surface area contributed by atoms with Crippen LogP contribution in [0.1, 0.15) is 10.4 Å². The fourth-order valence-corrected chi connectivity index (χ4v) is 3.76. The standard InChI is InChI=1S/C24H18F4N2O3/c1-29(2)11-5-7-13-15(9-11)33-16-10-12(30(3)4)6-8-14(16)17(13)18-19(24(31)32)21(26)23(28)22(27)20(18)25/h5-10H,1-4H3/p+1. The van der Waals surface area contributed by atoms with E-state index in [4.69, 9.17) is 4.42 Å². The summed E-state index contributed by atoms with van der Waals surface area (Å²) in [6.45, 7) is 0. The summed E-state index contributed by atoms with van der Waals surface area (Å²) in [4.78, 5) is 13.6. The Morgan fingerprint density at radius 2 is 1.58 bits per heavy atom. The first-order valence-corrected chi connectivity index (χ1v) is 9.80. The van der Waals surface area contributed by atoms with Gasteiger partial charge in [-0.1, -0.05) is 0 Å². The van der Waals surface area contributed by atoms with Crippen LogP contribution in [0.25, 0.3) is 33.4 Å². The smallest absolute Gasteiger partial charge is 0.339 e. The monoisotopic (exact) mass is 459 g/mol. The van der Waals surface area contributed by atoms with Crippen molar-refractivity contribution in [1.29, 1.82) is 0 Å². The van der Waals surface area contributed by atoms with Gasteiger partial charge < -0.3 is 14.4 Å². The molecule has 1 aliphatic carbocycles. The van der Waals surface area contributed by atoms with Gasteiger partial charge in [-0.15, -0.1) is 0 Å². The van der Waals surface area contributed by atoms with Gasteiger partial charge in [0, 0.05) is 54.0 Å². The number of fused-ring (bicyclic) bond motifs is 2. The lowest BCUT2D eigenvalue weighted by Crippen LogP contribution is -2.21. The molecule has 33 heavy (non-hydrogen) atoms. The van der Waals surface area contributed by atoms with Crippen molar-refractivity contribution in [3.05, 3.63) is 70.6 Å². The van der Waals surface area contributed by atoms with Gasteiger partial charge in [0.2, 0.25) is 5.36 Å². The first-order chi connectivity index (χ1) is 15.5. The highest BCUT2D eigenvalue weighted by atomic mass is 19.2. The van der Waals surface area contributed by atoms with Crippen molar-refractivity contribution in [1.82, 2.24) is 4.58 Å². The molecular formula is C24H19F4N2O3+. The van der Waals surface area contributed by atoms with Gasteiger partial charge in [0.05, 0.1) is 6.07 Å². The maximum atomic E-state index is 15.1. The van der Waals surface area contributed by atoms with E-state index < -0.39 is 40.4 Å². The van der Waals surface area contributed by atoms with Crippen LogP contribution >= 0.6 is 0 Å². The minimum absolute atomic E-state index is 0.116. The Bertz CT molecular complexity index is 1490. The lowest BCUT2D eigenvalue weighted by atomic mass is 9.89. The number of carboxylic acids is 1. The molecule has 5 nitrogen and oxygen atoms in total. The van der Waals surface area contributed by atoms with Crippen LogP contribution < -0.4 is 14.8 Å². The summed E-state index contributed by atoms with van der Waals surface area (Å²) < 4.78 is 65.8. The predicted octanol–water partition coefficient (Wildman–Crippen LogP) is 4.56. The summed E-state index contributed by atoms with van der Waals surface area (Å²) in [6.07, 6.45) is 0. The van der Waals surface area contributed by atoms with Crippen LogP contribution in [-0.4, -0.2) is 39.3 Å². The number of halogens is 4. The molecule has 0 aromatic heterocycles. The average molecular weight is 459 g/mol. The molecule has 0 saturated heterocycles. The summed E-state index contributed by atoms with van der Waals surface area (Å²) in [5, 5.41) is 10.5. The second kappa shape index (κ2) is 7.91. The zero-order valence-electron chi connectivity index (χ0n) is 18.1. The normalized spacial score (nSPS) is 11.3.